The van der Waals surface area contributed by atoms with Gasteiger partial charge in [-0.25, -0.2) is 9.97 Å². The van der Waals surface area contributed by atoms with E-state index in [-0.39, 0.29) is 11.9 Å². The van der Waals surface area contributed by atoms with E-state index in [1.807, 2.05) is 36.9 Å². The molecule has 0 saturated carbocycles. The molecule has 1 amide bonds. The van der Waals surface area contributed by atoms with Crippen molar-refractivity contribution in [3.8, 4) is 11.3 Å². The summed E-state index contributed by atoms with van der Waals surface area (Å²) in [6.45, 7) is 6.56. The fourth-order valence-corrected chi connectivity index (χ4v) is 3.92. The van der Waals surface area contributed by atoms with Crippen molar-refractivity contribution in [2.24, 2.45) is 0 Å². The van der Waals surface area contributed by atoms with Crippen molar-refractivity contribution in [1.29, 1.82) is 0 Å². The number of carbonyl (C=O) groups excluding carboxylic acids is 1. The molecule has 0 radical (unpaired) electrons. The fourth-order valence-electron chi connectivity index (χ4n) is 3.92. The van der Waals surface area contributed by atoms with E-state index >= 15 is 0 Å². The summed E-state index contributed by atoms with van der Waals surface area (Å²) in [7, 11) is 0. The standard InChI is InChI=1S/C23H26N4O2/c1-15-7-9-18(10-8-15)13-22(28)27-11-5-4-6-20(27)23-19(14-24-17(3)25-23)21-12-16(2)26-29-21/h7-10,12,14,20H,4-6,11,13H2,1-3H3/t20-/m0/s1. The predicted molar refractivity (Wildman–Crippen MR) is 110 cm³/mol. The predicted octanol–water partition coefficient (Wildman–Crippen LogP) is 4.35. The topological polar surface area (TPSA) is 72.1 Å². The molecule has 0 N–H and O–H groups in total. The molecule has 6 nitrogen and oxygen atoms in total. The highest BCUT2D eigenvalue weighted by molar-refractivity contribution is 5.79. The molecule has 1 saturated heterocycles. The molecule has 3 aromatic rings. The molecule has 0 unspecified atom stereocenters. The first-order valence-corrected chi connectivity index (χ1v) is 10.1. The van der Waals surface area contributed by atoms with Gasteiger partial charge in [0.2, 0.25) is 5.91 Å². The molecule has 0 spiro atoms. The van der Waals surface area contributed by atoms with Crippen LogP contribution < -0.4 is 0 Å². The first-order chi connectivity index (χ1) is 14.0. The van der Waals surface area contributed by atoms with E-state index in [1.165, 1.54) is 5.56 Å². The Morgan fingerprint density at radius 1 is 1.17 bits per heavy atom. The fraction of sp³-hybridized carbons (Fsp3) is 0.391. The maximum absolute atomic E-state index is 13.2. The van der Waals surface area contributed by atoms with E-state index in [2.05, 4.69) is 29.2 Å². The zero-order chi connectivity index (χ0) is 20.4. The third-order valence-electron chi connectivity index (χ3n) is 5.45. The van der Waals surface area contributed by atoms with Crippen molar-refractivity contribution < 1.29 is 9.32 Å². The van der Waals surface area contributed by atoms with E-state index in [0.717, 1.165) is 48.3 Å². The van der Waals surface area contributed by atoms with Gasteiger partial charge < -0.3 is 9.42 Å². The summed E-state index contributed by atoms with van der Waals surface area (Å²) >= 11 is 0. The van der Waals surface area contributed by atoms with Gasteiger partial charge in [-0.3, -0.25) is 4.79 Å². The van der Waals surface area contributed by atoms with E-state index in [4.69, 9.17) is 9.51 Å². The van der Waals surface area contributed by atoms with Gasteiger partial charge in [0.25, 0.3) is 0 Å². The molecule has 1 aliphatic rings. The molecule has 4 rings (SSSR count). The molecular weight excluding hydrogens is 364 g/mol. The van der Waals surface area contributed by atoms with Crippen LogP contribution in [0.25, 0.3) is 11.3 Å². The lowest BCUT2D eigenvalue weighted by Crippen LogP contribution is -2.40. The number of aryl methyl sites for hydroxylation is 3. The number of carbonyl (C=O) groups is 1. The Bertz CT molecular complexity index is 1010. The normalized spacial score (nSPS) is 16.8. The van der Waals surface area contributed by atoms with Crippen molar-refractivity contribution in [2.45, 2.75) is 52.5 Å². The number of rotatable bonds is 4. The van der Waals surface area contributed by atoms with Crippen LogP contribution >= 0.6 is 0 Å². The van der Waals surface area contributed by atoms with Crippen molar-refractivity contribution in [3.05, 3.63) is 64.9 Å². The quantitative estimate of drug-likeness (QED) is 0.662. The summed E-state index contributed by atoms with van der Waals surface area (Å²) in [5.74, 6) is 1.47. The van der Waals surface area contributed by atoms with Gasteiger partial charge in [-0.1, -0.05) is 35.0 Å². The third kappa shape index (κ3) is 4.21. The van der Waals surface area contributed by atoms with Crippen molar-refractivity contribution >= 4 is 5.91 Å². The zero-order valence-electron chi connectivity index (χ0n) is 17.2. The maximum atomic E-state index is 13.2. The highest BCUT2D eigenvalue weighted by Gasteiger charge is 2.32. The van der Waals surface area contributed by atoms with Crippen LogP contribution in [-0.2, 0) is 11.2 Å². The smallest absolute Gasteiger partial charge is 0.227 e. The first kappa shape index (κ1) is 19.3. The molecular formula is C23H26N4O2. The van der Waals surface area contributed by atoms with Gasteiger partial charge >= 0.3 is 0 Å². The number of piperidine rings is 1. The molecule has 1 fully saturated rings. The van der Waals surface area contributed by atoms with Gasteiger partial charge in [0.05, 0.1) is 29.4 Å². The maximum Gasteiger partial charge on any atom is 0.227 e. The van der Waals surface area contributed by atoms with Gasteiger partial charge in [0.1, 0.15) is 5.82 Å². The Morgan fingerprint density at radius 2 is 1.97 bits per heavy atom. The van der Waals surface area contributed by atoms with Crippen LogP contribution in [0.2, 0.25) is 0 Å². The number of benzene rings is 1. The molecule has 1 aliphatic heterocycles. The molecule has 150 valence electrons. The minimum atomic E-state index is -0.0798. The molecule has 1 aromatic carbocycles. The highest BCUT2D eigenvalue weighted by atomic mass is 16.5. The second-order valence-corrected chi connectivity index (χ2v) is 7.81. The van der Waals surface area contributed by atoms with Crippen LogP contribution in [0.3, 0.4) is 0 Å². The van der Waals surface area contributed by atoms with Gasteiger partial charge in [-0.15, -0.1) is 0 Å². The van der Waals surface area contributed by atoms with Crippen LogP contribution in [0.1, 0.15) is 53.6 Å². The number of hydrogen-bond donors (Lipinski definition) is 0. The summed E-state index contributed by atoms with van der Waals surface area (Å²) in [5, 5.41) is 4.01. The summed E-state index contributed by atoms with van der Waals surface area (Å²) in [6.07, 6.45) is 5.15. The number of hydrogen-bond acceptors (Lipinski definition) is 5. The Hall–Kier alpha value is -3.02. The Balaban J connectivity index is 1.66. The van der Waals surface area contributed by atoms with Crippen molar-refractivity contribution in [3.63, 3.8) is 0 Å². The van der Waals surface area contributed by atoms with Crippen LogP contribution in [0.4, 0.5) is 0 Å². The lowest BCUT2D eigenvalue weighted by Gasteiger charge is -2.36. The van der Waals surface area contributed by atoms with E-state index in [9.17, 15) is 4.79 Å². The van der Waals surface area contributed by atoms with Gasteiger partial charge in [0, 0.05) is 18.8 Å². The number of amides is 1. The molecule has 0 aliphatic carbocycles. The Morgan fingerprint density at radius 3 is 2.69 bits per heavy atom. The first-order valence-electron chi connectivity index (χ1n) is 10.1. The van der Waals surface area contributed by atoms with Gasteiger partial charge in [0.15, 0.2) is 5.76 Å². The third-order valence-corrected chi connectivity index (χ3v) is 5.45. The number of likely N-dealkylation sites (tertiary alicyclic amines) is 1. The lowest BCUT2D eigenvalue weighted by atomic mass is 9.94. The van der Waals surface area contributed by atoms with Crippen LogP contribution in [0.5, 0.6) is 0 Å². The van der Waals surface area contributed by atoms with Crippen LogP contribution in [0.15, 0.2) is 41.1 Å². The van der Waals surface area contributed by atoms with Crippen LogP contribution in [0, 0.1) is 20.8 Å². The summed E-state index contributed by atoms with van der Waals surface area (Å²) in [5.41, 5.74) is 4.71. The monoisotopic (exact) mass is 390 g/mol. The summed E-state index contributed by atoms with van der Waals surface area (Å²) in [4.78, 5) is 24.3. The molecule has 1 atom stereocenters. The molecule has 2 aromatic heterocycles. The average Bonchev–Trinajstić information content (AvgIpc) is 3.15. The molecule has 3 heterocycles. The minimum absolute atomic E-state index is 0.0798. The second-order valence-electron chi connectivity index (χ2n) is 7.81. The van der Waals surface area contributed by atoms with E-state index < -0.39 is 0 Å². The Labute approximate surface area is 171 Å². The molecule has 6 heteroatoms. The second kappa shape index (κ2) is 8.15. The largest absolute Gasteiger partial charge is 0.356 e. The average molecular weight is 390 g/mol. The summed E-state index contributed by atoms with van der Waals surface area (Å²) < 4.78 is 5.49. The number of nitrogens with zero attached hydrogens (tertiary/aromatic N) is 4. The molecule has 29 heavy (non-hydrogen) atoms. The van der Waals surface area contributed by atoms with E-state index in [1.54, 1.807) is 6.20 Å². The van der Waals surface area contributed by atoms with Gasteiger partial charge in [-0.2, -0.15) is 0 Å². The number of aromatic nitrogens is 3. The Kier molecular flexibility index (Phi) is 5.43. The lowest BCUT2D eigenvalue weighted by molar-refractivity contribution is -0.134. The SMILES string of the molecule is Cc1ccc(CC(=O)N2CCCC[C@H]2c2nc(C)ncc2-c2cc(C)no2)cc1. The zero-order valence-corrected chi connectivity index (χ0v) is 17.2. The van der Waals surface area contributed by atoms with E-state index in [0.29, 0.717) is 18.0 Å². The van der Waals surface area contributed by atoms with Gasteiger partial charge in [-0.05, 0) is 45.6 Å². The highest BCUT2D eigenvalue weighted by Crippen LogP contribution is 2.36. The summed E-state index contributed by atoms with van der Waals surface area (Å²) in [6, 6.07) is 9.97. The van der Waals surface area contributed by atoms with Crippen LogP contribution in [-0.4, -0.2) is 32.5 Å². The van der Waals surface area contributed by atoms with Crippen molar-refractivity contribution in [1.82, 2.24) is 20.0 Å². The molecule has 0 bridgehead atoms. The van der Waals surface area contributed by atoms with Crippen molar-refractivity contribution in [2.75, 3.05) is 6.54 Å². The minimum Gasteiger partial charge on any atom is -0.356 e.